The summed E-state index contributed by atoms with van der Waals surface area (Å²) in [7, 11) is 0. The molecule has 0 amide bonds. The van der Waals surface area contributed by atoms with Crippen molar-refractivity contribution in [1.29, 1.82) is 0 Å². The second kappa shape index (κ2) is 7.59. The minimum absolute atomic E-state index is 0.620. The third kappa shape index (κ3) is 3.56. The average molecular weight is 405 g/mol. The van der Waals surface area contributed by atoms with E-state index in [1.54, 1.807) is 25.0 Å². The fourth-order valence-electron chi connectivity index (χ4n) is 3.56. The van der Waals surface area contributed by atoms with Crippen LogP contribution in [-0.2, 0) is 6.54 Å². The van der Waals surface area contributed by atoms with Gasteiger partial charge >= 0.3 is 0 Å². The van der Waals surface area contributed by atoms with E-state index in [-0.39, 0.29) is 0 Å². The van der Waals surface area contributed by atoms with E-state index >= 15 is 0 Å². The molecule has 1 saturated heterocycles. The first kappa shape index (κ1) is 17.7. The van der Waals surface area contributed by atoms with Crippen LogP contribution in [0.3, 0.4) is 0 Å². The van der Waals surface area contributed by atoms with Crippen molar-refractivity contribution in [2.45, 2.75) is 6.54 Å². The van der Waals surface area contributed by atoms with Gasteiger partial charge in [0, 0.05) is 45.1 Å². The van der Waals surface area contributed by atoms with Gasteiger partial charge in [0.25, 0.3) is 0 Å². The molecule has 0 bridgehead atoms. The maximum atomic E-state index is 5.62. The van der Waals surface area contributed by atoms with Gasteiger partial charge in [-0.25, -0.2) is 9.97 Å². The Morgan fingerprint density at radius 2 is 1.83 bits per heavy atom. The van der Waals surface area contributed by atoms with Crippen LogP contribution in [0.2, 0.25) is 0 Å². The summed E-state index contributed by atoms with van der Waals surface area (Å²) in [6.07, 6.45) is 6.61. The average Bonchev–Trinajstić information content (AvgIpc) is 3.26. The maximum absolute atomic E-state index is 5.62. The summed E-state index contributed by atoms with van der Waals surface area (Å²) in [5.74, 6) is 0.916. The summed E-state index contributed by atoms with van der Waals surface area (Å²) < 4.78 is 5.38. The van der Waals surface area contributed by atoms with Crippen molar-refractivity contribution in [3.63, 3.8) is 0 Å². The molecule has 29 heavy (non-hydrogen) atoms. The van der Waals surface area contributed by atoms with Crippen LogP contribution in [0.4, 0.5) is 5.82 Å². The van der Waals surface area contributed by atoms with Gasteiger partial charge in [-0.15, -0.1) is 0 Å². The highest BCUT2D eigenvalue weighted by atomic mass is 32.1. The first-order valence-electron chi connectivity index (χ1n) is 9.43. The number of aromatic nitrogens is 4. The molecule has 1 aromatic carbocycles. The molecule has 0 aliphatic carbocycles. The molecule has 3 aromatic heterocycles. The molecule has 146 valence electrons. The van der Waals surface area contributed by atoms with E-state index in [0.717, 1.165) is 59.1 Å². The molecule has 0 unspecified atom stereocenters. The lowest BCUT2D eigenvalue weighted by Crippen LogP contribution is -2.51. The van der Waals surface area contributed by atoms with Gasteiger partial charge in [-0.1, -0.05) is 6.07 Å². The Bertz CT molecular complexity index is 1170. The van der Waals surface area contributed by atoms with E-state index < -0.39 is 0 Å². The Balaban J connectivity index is 1.19. The highest BCUT2D eigenvalue weighted by molar-refractivity contribution is 7.80. The molecule has 0 saturated carbocycles. The molecule has 5 rings (SSSR count). The third-order valence-corrected chi connectivity index (χ3v) is 5.49. The van der Waals surface area contributed by atoms with Crippen LogP contribution in [0.5, 0.6) is 0 Å². The minimum Gasteiger partial charge on any atom is -0.446 e. The zero-order chi connectivity index (χ0) is 19.6. The number of thiocarbonyl (C=S) groups is 1. The summed E-state index contributed by atoms with van der Waals surface area (Å²) in [6.45, 7) is 4.00. The Morgan fingerprint density at radius 3 is 2.69 bits per heavy atom. The number of nitrogens with one attached hydrogen (secondary N) is 1. The van der Waals surface area contributed by atoms with E-state index in [2.05, 4.69) is 41.1 Å². The van der Waals surface area contributed by atoms with Crippen LogP contribution in [0.15, 0.2) is 53.7 Å². The van der Waals surface area contributed by atoms with Crippen LogP contribution in [0.1, 0.15) is 5.56 Å². The van der Waals surface area contributed by atoms with Crippen molar-refractivity contribution in [1.82, 2.24) is 30.2 Å². The third-order valence-electron chi connectivity index (χ3n) is 5.08. The smallest absolute Gasteiger partial charge is 0.231 e. The molecule has 4 aromatic rings. The number of nitrogens with zero attached hydrogens (tertiary/aromatic N) is 6. The van der Waals surface area contributed by atoms with Gasteiger partial charge in [-0.3, -0.25) is 9.97 Å². The minimum atomic E-state index is 0.620. The fraction of sp³-hybridized carbons (Fsp3) is 0.250. The first-order chi connectivity index (χ1) is 14.3. The van der Waals surface area contributed by atoms with Gasteiger partial charge in [0.15, 0.2) is 5.11 Å². The number of piperazine rings is 1. The lowest BCUT2D eigenvalue weighted by atomic mass is 10.2. The number of rotatable bonds is 3. The van der Waals surface area contributed by atoms with Gasteiger partial charge in [0.05, 0.1) is 22.7 Å². The Kier molecular flexibility index (Phi) is 4.65. The Morgan fingerprint density at radius 1 is 1.00 bits per heavy atom. The predicted molar refractivity (Wildman–Crippen MR) is 115 cm³/mol. The van der Waals surface area contributed by atoms with Crippen LogP contribution in [0.25, 0.3) is 22.1 Å². The molecule has 4 heterocycles. The number of benzene rings is 1. The summed E-state index contributed by atoms with van der Waals surface area (Å²) in [6, 6.07) is 7.99. The van der Waals surface area contributed by atoms with Crippen molar-refractivity contribution in [2.24, 2.45) is 0 Å². The molecule has 8 nitrogen and oxygen atoms in total. The number of hydrogen-bond acceptors (Lipinski definition) is 7. The summed E-state index contributed by atoms with van der Waals surface area (Å²) in [5.41, 5.74) is 3.53. The maximum Gasteiger partial charge on any atom is 0.231 e. The molecule has 0 spiro atoms. The van der Waals surface area contributed by atoms with Crippen LogP contribution < -0.4 is 10.2 Å². The molecule has 1 fully saturated rings. The van der Waals surface area contributed by atoms with Crippen LogP contribution >= 0.6 is 12.2 Å². The van der Waals surface area contributed by atoms with Crippen molar-refractivity contribution >= 4 is 45.3 Å². The van der Waals surface area contributed by atoms with E-state index in [1.807, 2.05) is 18.2 Å². The predicted octanol–water partition coefficient (Wildman–Crippen LogP) is 2.36. The monoisotopic (exact) mass is 405 g/mol. The molecule has 9 heteroatoms. The Hall–Kier alpha value is -3.33. The summed E-state index contributed by atoms with van der Waals surface area (Å²) >= 11 is 5.62. The molecule has 0 radical (unpaired) electrons. The zero-order valence-corrected chi connectivity index (χ0v) is 16.5. The lowest BCUT2D eigenvalue weighted by Gasteiger charge is -2.36. The topological polar surface area (TPSA) is 83.2 Å². The van der Waals surface area contributed by atoms with Crippen molar-refractivity contribution in [3.05, 3.63) is 54.8 Å². The van der Waals surface area contributed by atoms with Crippen molar-refractivity contribution in [2.75, 3.05) is 31.1 Å². The number of fused-ring (bicyclic) bond motifs is 2. The van der Waals surface area contributed by atoms with Gasteiger partial charge in [0.2, 0.25) is 5.71 Å². The first-order valence-corrected chi connectivity index (χ1v) is 9.84. The van der Waals surface area contributed by atoms with E-state index in [9.17, 15) is 0 Å². The summed E-state index contributed by atoms with van der Waals surface area (Å²) in [4.78, 5) is 21.7. The van der Waals surface area contributed by atoms with Crippen LogP contribution in [0, 0.1) is 0 Å². The van der Waals surface area contributed by atoms with Crippen LogP contribution in [-0.4, -0.2) is 56.1 Å². The van der Waals surface area contributed by atoms with E-state index in [4.69, 9.17) is 16.6 Å². The second-order valence-electron chi connectivity index (χ2n) is 6.85. The van der Waals surface area contributed by atoms with E-state index in [1.165, 1.54) is 0 Å². The highest BCUT2D eigenvalue weighted by Crippen LogP contribution is 2.24. The molecule has 1 N–H and O–H groups in total. The number of anilines is 1. The second-order valence-corrected chi connectivity index (χ2v) is 7.24. The van der Waals surface area contributed by atoms with Gasteiger partial charge in [-0.05, 0) is 36.0 Å². The highest BCUT2D eigenvalue weighted by Gasteiger charge is 2.22. The number of hydrogen-bond donors (Lipinski definition) is 1. The molecular formula is C20H19N7OS. The van der Waals surface area contributed by atoms with E-state index in [0.29, 0.717) is 12.3 Å². The van der Waals surface area contributed by atoms with Gasteiger partial charge in [0.1, 0.15) is 12.1 Å². The van der Waals surface area contributed by atoms with Crippen molar-refractivity contribution in [3.8, 4) is 0 Å². The molecule has 1 aliphatic heterocycles. The molecular weight excluding hydrogens is 386 g/mol. The largest absolute Gasteiger partial charge is 0.446 e. The Labute approximate surface area is 172 Å². The normalized spacial score (nSPS) is 14.5. The van der Waals surface area contributed by atoms with Crippen molar-refractivity contribution < 1.29 is 4.42 Å². The summed E-state index contributed by atoms with van der Waals surface area (Å²) in [5, 5.41) is 5.07. The SMILES string of the molecule is S=C(NCc1ccc2nccnc2c1)N1CCN(c2ncnc3occc23)CC1. The van der Waals surface area contributed by atoms with Gasteiger partial charge in [-0.2, -0.15) is 0 Å². The molecule has 1 aliphatic rings. The molecule has 0 atom stereocenters. The standard InChI is InChI=1S/C20H19N7OS/c29-20(23-12-14-1-2-16-17(11-14)22-5-4-21-16)27-8-6-26(7-9-27)18-15-3-10-28-19(15)25-13-24-18/h1-5,10-11,13H,6-9,12H2,(H,23,29). The fourth-order valence-corrected chi connectivity index (χ4v) is 3.81. The number of furan rings is 1. The lowest BCUT2D eigenvalue weighted by molar-refractivity contribution is 0.379. The van der Waals surface area contributed by atoms with Gasteiger partial charge < -0.3 is 19.5 Å². The zero-order valence-electron chi connectivity index (χ0n) is 15.7. The quantitative estimate of drug-likeness (QED) is 0.516.